The van der Waals surface area contributed by atoms with E-state index in [2.05, 4.69) is 15.6 Å². The van der Waals surface area contributed by atoms with Crippen molar-refractivity contribution >= 4 is 23.2 Å². The van der Waals surface area contributed by atoms with Crippen molar-refractivity contribution in [3.63, 3.8) is 0 Å². The van der Waals surface area contributed by atoms with Crippen molar-refractivity contribution in [2.24, 2.45) is 5.92 Å². The van der Waals surface area contributed by atoms with E-state index < -0.39 is 0 Å². The number of nitrogens with one attached hydrogen (secondary N) is 2. The molecule has 1 aliphatic rings. The summed E-state index contributed by atoms with van der Waals surface area (Å²) in [7, 11) is 0. The van der Waals surface area contributed by atoms with E-state index in [1.54, 1.807) is 48.9 Å². The van der Waals surface area contributed by atoms with Gasteiger partial charge >= 0.3 is 0 Å². The molecule has 130 valence electrons. The minimum absolute atomic E-state index is 0.0692. The molecule has 2 aromatic carbocycles. The largest absolute Gasteiger partial charge is 0.326 e. The Morgan fingerprint density at radius 2 is 1.58 bits per heavy atom. The Morgan fingerprint density at radius 1 is 0.923 bits per heavy atom. The second-order valence-corrected chi connectivity index (χ2v) is 6.31. The molecule has 1 aliphatic carbocycles. The van der Waals surface area contributed by atoms with Gasteiger partial charge < -0.3 is 15.2 Å². The molecule has 6 nitrogen and oxygen atoms in total. The van der Waals surface area contributed by atoms with E-state index in [-0.39, 0.29) is 17.7 Å². The number of hydrogen-bond acceptors (Lipinski definition) is 3. The van der Waals surface area contributed by atoms with Gasteiger partial charge in [-0.3, -0.25) is 9.59 Å². The van der Waals surface area contributed by atoms with Crippen LogP contribution in [0.3, 0.4) is 0 Å². The van der Waals surface area contributed by atoms with Crippen LogP contribution in [0.2, 0.25) is 0 Å². The lowest BCUT2D eigenvalue weighted by atomic mass is 10.2. The zero-order valence-corrected chi connectivity index (χ0v) is 14.1. The Hall–Kier alpha value is -3.41. The first-order valence-electron chi connectivity index (χ1n) is 8.50. The lowest BCUT2D eigenvalue weighted by Crippen LogP contribution is -2.14. The fourth-order valence-corrected chi connectivity index (χ4v) is 2.63. The number of imidazole rings is 1. The fourth-order valence-electron chi connectivity index (χ4n) is 2.63. The smallest absolute Gasteiger partial charge is 0.255 e. The van der Waals surface area contributed by atoms with Crippen LogP contribution in [0.1, 0.15) is 23.2 Å². The molecule has 1 fully saturated rings. The van der Waals surface area contributed by atoms with Gasteiger partial charge in [0, 0.05) is 40.9 Å². The van der Waals surface area contributed by atoms with Crippen LogP contribution in [0.15, 0.2) is 67.3 Å². The summed E-state index contributed by atoms with van der Waals surface area (Å²) in [6, 6.07) is 14.4. The third kappa shape index (κ3) is 3.64. The number of aromatic nitrogens is 2. The maximum atomic E-state index is 12.4. The Balaban J connectivity index is 1.38. The highest BCUT2D eigenvalue weighted by Crippen LogP contribution is 2.30. The summed E-state index contributed by atoms with van der Waals surface area (Å²) in [6.07, 6.45) is 7.20. The summed E-state index contributed by atoms with van der Waals surface area (Å²) in [4.78, 5) is 28.1. The van der Waals surface area contributed by atoms with Crippen molar-refractivity contribution in [3.8, 4) is 5.69 Å². The van der Waals surface area contributed by atoms with Crippen LogP contribution in [0, 0.1) is 5.92 Å². The third-order valence-corrected chi connectivity index (χ3v) is 4.29. The highest BCUT2D eigenvalue weighted by Gasteiger charge is 2.29. The van der Waals surface area contributed by atoms with Gasteiger partial charge in [0.25, 0.3) is 5.91 Å². The Kier molecular flexibility index (Phi) is 4.23. The molecule has 2 amide bonds. The van der Waals surface area contributed by atoms with E-state index in [9.17, 15) is 9.59 Å². The van der Waals surface area contributed by atoms with Crippen LogP contribution < -0.4 is 10.6 Å². The van der Waals surface area contributed by atoms with Gasteiger partial charge in [0.2, 0.25) is 5.91 Å². The second kappa shape index (κ2) is 6.84. The second-order valence-electron chi connectivity index (χ2n) is 6.31. The van der Waals surface area contributed by atoms with Crippen LogP contribution in [0.25, 0.3) is 5.69 Å². The van der Waals surface area contributed by atoms with Crippen molar-refractivity contribution in [2.45, 2.75) is 12.8 Å². The molecule has 26 heavy (non-hydrogen) atoms. The molecule has 0 radical (unpaired) electrons. The number of anilines is 2. The SMILES string of the molecule is O=C(Nc1ccc(NC(=O)C2CC2)cc1)c1ccc(-n2ccnc2)cc1. The molecule has 3 aromatic rings. The molecule has 0 spiro atoms. The molecule has 0 atom stereocenters. The Morgan fingerprint density at radius 3 is 2.15 bits per heavy atom. The summed E-state index contributed by atoms with van der Waals surface area (Å²) < 4.78 is 1.87. The first-order valence-corrected chi connectivity index (χ1v) is 8.50. The van der Waals surface area contributed by atoms with Gasteiger partial charge in [-0.05, 0) is 61.4 Å². The first kappa shape index (κ1) is 16.1. The van der Waals surface area contributed by atoms with Gasteiger partial charge in [-0.1, -0.05) is 0 Å². The van der Waals surface area contributed by atoms with Crippen molar-refractivity contribution in [1.29, 1.82) is 0 Å². The Bertz CT molecular complexity index is 911. The minimum atomic E-state index is -0.183. The monoisotopic (exact) mass is 346 g/mol. The average molecular weight is 346 g/mol. The fraction of sp³-hybridized carbons (Fsp3) is 0.150. The molecule has 1 aromatic heterocycles. The summed E-state index contributed by atoms with van der Waals surface area (Å²) in [6.45, 7) is 0. The van der Waals surface area contributed by atoms with Crippen molar-refractivity contribution in [1.82, 2.24) is 9.55 Å². The van der Waals surface area contributed by atoms with Gasteiger partial charge in [0.1, 0.15) is 0 Å². The van der Waals surface area contributed by atoms with Gasteiger partial charge in [-0.2, -0.15) is 0 Å². The number of amides is 2. The minimum Gasteiger partial charge on any atom is -0.326 e. The van der Waals surface area contributed by atoms with E-state index in [1.165, 1.54) is 0 Å². The van der Waals surface area contributed by atoms with Crippen LogP contribution >= 0.6 is 0 Å². The molecule has 2 N–H and O–H groups in total. The van der Waals surface area contributed by atoms with Crippen LogP contribution in [-0.4, -0.2) is 21.4 Å². The predicted octanol–water partition coefficient (Wildman–Crippen LogP) is 3.47. The van der Waals surface area contributed by atoms with E-state index in [0.29, 0.717) is 11.3 Å². The predicted molar refractivity (Wildman–Crippen MR) is 99.3 cm³/mol. The van der Waals surface area contributed by atoms with Gasteiger partial charge in [-0.25, -0.2) is 4.98 Å². The summed E-state index contributed by atoms with van der Waals surface area (Å²) >= 11 is 0. The average Bonchev–Trinajstić information content (AvgIpc) is 3.38. The molecule has 1 heterocycles. The molecule has 4 rings (SSSR count). The zero-order valence-electron chi connectivity index (χ0n) is 14.1. The molecule has 0 unspecified atom stereocenters. The highest BCUT2D eigenvalue weighted by atomic mass is 16.2. The third-order valence-electron chi connectivity index (χ3n) is 4.29. The number of rotatable bonds is 5. The lowest BCUT2D eigenvalue weighted by Gasteiger charge is -2.08. The number of benzene rings is 2. The quantitative estimate of drug-likeness (QED) is 0.743. The van der Waals surface area contributed by atoms with Crippen LogP contribution in [0.5, 0.6) is 0 Å². The van der Waals surface area contributed by atoms with E-state index >= 15 is 0 Å². The molecule has 6 heteroatoms. The molecule has 1 saturated carbocycles. The van der Waals surface area contributed by atoms with Crippen molar-refractivity contribution in [3.05, 3.63) is 72.8 Å². The summed E-state index contributed by atoms with van der Waals surface area (Å²) in [5.41, 5.74) is 2.93. The van der Waals surface area contributed by atoms with E-state index in [1.807, 2.05) is 22.9 Å². The van der Waals surface area contributed by atoms with E-state index in [4.69, 9.17) is 0 Å². The van der Waals surface area contributed by atoms with E-state index in [0.717, 1.165) is 24.2 Å². The maximum absolute atomic E-state index is 12.4. The topological polar surface area (TPSA) is 76.0 Å². The van der Waals surface area contributed by atoms with Crippen molar-refractivity contribution in [2.75, 3.05) is 10.6 Å². The number of nitrogens with zero attached hydrogens (tertiary/aromatic N) is 2. The van der Waals surface area contributed by atoms with Gasteiger partial charge in [-0.15, -0.1) is 0 Å². The van der Waals surface area contributed by atoms with Gasteiger partial charge in [0.15, 0.2) is 0 Å². The van der Waals surface area contributed by atoms with Crippen LogP contribution in [0.4, 0.5) is 11.4 Å². The number of hydrogen-bond donors (Lipinski definition) is 2. The standard InChI is InChI=1S/C20H18N4O2/c25-19(14-1-2-14)22-16-5-7-17(8-6-16)23-20(26)15-3-9-18(10-4-15)24-12-11-21-13-24/h3-14H,1-2H2,(H,22,25)(H,23,26). The lowest BCUT2D eigenvalue weighted by molar-refractivity contribution is -0.117. The summed E-state index contributed by atoms with van der Waals surface area (Å²) in [5, 5.41) is 5.73. The highest BCUT2D eigenvalue weighted by molar-refractivity contribution is 6.04. The number of carbonyl (C=O) groups is 2. The van der Waals surface area contributed by atoms with Crippen LogP contribution in [-0.2, 0) is 4.79 Å². The normalized spacial score (nSPS) is 13.2. The first-order chi connectivity index (χ1) is 12.7. The maximum Gasteiger partial charge on any atom is 0.255 e. The van der Waals surface area contributed by atoms with Crippen molar-refractivity contribution < 1.29 is 9.59 Å². The number of carbonyl (C=O) groups excluding carboxylic acids is 2. The molecule has 0 aliphatic heterocycles. The molecular formula is C20H18N4O2. The molecular weight excluding hydrogens is 328 g/mol. The Labute approximate surface area is 150 Å². The molecule has 0 saturated heterocycles. The molecule has 0 bridgehead atoms. The summed E-state index contributed by atoms with van der Waals surface area (Å²) in [5.74, 6) is 0.0522. The zero-order chi connectivity index (χ0) is 17.9. The van der Waals surface area contributed by atoms with Gasteiger partial charge in [0.05, 0.1) is 6.33 Å².